The number of halogens is 1. The minimum absolute atomic E-state index is 0.0962. The largest absolute Gasteiger partial charge is 0.462 e. The number of carbonyl (C=O) groups is 2. The number of ketones is 1. The van der Waals surface area contributed by atoms with E-state index in [0.29, 0.717) is 16.8 Å². The van der Waals surface area contributed by atoms with Gasteiger partial charge in [0.25, 0.3) is 0 Å². The number of nitrogen functional groups attached to an aromatic ring is 1. The number of carbonyl (C=O) groups excluding carboxylic acids is 2. The SMILES string of the molecule is CCOC(=O)c1ccc(N)cc1C(Br)C(C)=O. The minimum Gasteiger partial charge on any atom is -0.462 e. The molecule has 0 fully saturated rings. The van der Waals surface area contributed by atoms with Gasteiger partial charge in [0.2, 0.25) is 0 Å². The summed E-state index contributed by atoms with van der Waals surface area (Å²) >= 11 is 3.24. The number of anilines is 1. The first-order valence-electron chi connectivity index (χ1n) is 5.18. The third-order valence-corrected chi connectivity index (χ3v) is 3.34. The van der Waals surface area contributed by atoms with Crippen LogP contribution in [0.1, 0.15) is 34.6 Å². The Bertz CT molecular complexity index is 445. The van der Waals surface area contributed by atoms with Gasteiger partial charge in [0.05, 0.1) is 17.0 Å². The van der Waals surface area contributed by atoms with Gasteiger partial charge in [0.15, 0.2) is 0 Å². The molecular weight excluding hydrogens is 286 g/mol. The van der Waals surface area contributed by atoms with E-state index in [1.165, 1.54) is 6.92 Å². The van der Waals surface area contributed by atoms with Gasteiger partial charge in [-0.2, -0.15) is 0 Å². The second-order valence-electron chi connectivity index (χ2n) is 3.54. The Morgan fingerprint density at radius 2 is 2.12 bits per heavy atom. The molecule has 5 heteroatoms. The van der Waals surface area contributed by atoms with Gasteiger partial charge in [-0.05, 0) is 37.6 Å². The standard InChI is InChI=1S/C12H14BrNO3/c1-3-17-12(16)9-5-4-8(14)6-10(9)11(13)7(2)15/h4-6,11H,3,14H2,1-2H3. The van der Waals surface area contributed by atoms with E-state index in [1.54, 1.807) is 25.1 Å². The Kier molecular flexibility index (Phi) is 4.69. The van der Waals surface area contributed by atoms with Crippen molar-refractivity contribution in [1.82, 2.24) is 0 Å². The third kappa shape index (κ3) is 3.30. The first kappa shape index (κ1) is 13.7. The number of ether oxygens (including phenoxy) is 1. The Morgan fingerprint density at radius 3 is 2.65 bits per heavy atom. The van der Waals surface area contributed by atoms with Crippen LogP contribution in [0, 0.1) is 0 Å². The minimum atomic E-state index is -0.551. The summed E-state index contributed by atoms with van der Waals surface area (Å²) in [4.78, 5) is 22.5. The Labute approximate surface area is 108 Å². The summed E-state index contributed by atoms with van der Waals surface area (Å²) in [5.41, 5.74) is 7.05. The molecule has 1 unspecified atom stereocenters. The van der Waals surface area contributed by atoms with E-state index in [1.807, 2.05) is 0 Å². The molecule has 0 amide bonds. The molecule has 17 heavy (non-hydrogen) atoms. The van der Waals surface area contributed by atoms with Gasteiger partial charge in [-0.25, -0.2) is 4.79 Å². The molecule has 1 aromatic carbocycles. The molecule has 2 N–H and O–H groups in total. The van der Waals surface area contributed by atoms with E-state index in [-0.39, 0.29) is 12.4 Å². The van der Waals surface area contributed by atoms with Gasteiger partial charge in [-0.15, -0.1) is 0 Å². The molecule has 0 saturated heterocycles. The molecule has 1 rings (SSSR count). The monoisotopic (exact) mass is 299 g/mol. The quantitative estimate of drug-likeness (QED) is 0.527. The van der Waals surface area contributed by atoms with Gasteiger partial charge in [-0.1, -0.05) is 15.9 Å². The summed E-state index contributed by atoms with van der Waals surface area (Å²) in [5, 5.41) is 0. The molecule has 0 aliphatic rings. The maximum absolute atomic E-state index is 11.7. The molecule has 0 aromatic heterocycles. The number of Topliss-reactive ketones (excluding diaryl/α,β-unsaturated/α-hetero) is 1. The van der Waals surface area contributed by atoms with Crippen molar-refractivity contribution in [2.75, 3.05) is 12.3 Å². The van der Waals surface area contributed by atoms with Crippen LogP contribution in [-0.2, 0) is 9.53 Å². The smallest absolute Gasteiger partial charge is 0.338 e. The van der Waals surface area contributed by atoms with Crippen molar-refractivity contribution in [3.63, 3.8) is 0 Å². The van der Waals surface area contributed by atoms with E-state index < -0.39 is 10.8 Å². The fraction of sp³-hybridized carbons (Fsp3) is 0.333. The van der Waals surface area contributed by atoms with Crippen molar-refractivity contribution in [3.8, 4) is 0 Å². The van der Waals surface area contributed by atoms with Crippen LogP contribution in [0.2, 0.25) is 0 Å². The Morgan fingerprint density at radius 1 is 1.47 bits per heavy atom. The summed E-state index contributed by atoms with van der Waals surface area (Å²) in [6.07, 6.45) is 0. The zero-order valence-corrected chi connectivity index (χ0v) is 11.3. The topological polar surface area (TPSA) is 69.4 Å². The van der Waals surface area contributed by atoms with Crippen LogP contribution < -0.4 is 5.73 Å². The van der Waals surface area contributed by atoms with Crippen molar-refractivity contribution in [1.29, 1.82) is 0 Å². The lowest BCUT2D eigenvalue weighted by Gasteiger charge is -2.12. The molecule has 1 atom stereocenters. The second-order valence-corrected chi connectivity index (χ2v) is 4.46. The maximum Gasteiger partial charge on any atom is 0.338 e. The lowest BCUT2D eigenvalue weighted by molar-refractivity contribution is -0.116. The highest BCUT2D eigenvalue weighted by Crippen LogP contribution is 2.29. The highest BCUT2D eigenvalue weighted by Gasteiger charge is 2.21. The fourth-order valence-corrected chi connectivity index (χ4v) is 1.78. The summed E-state index contributed by atoms with van der Waals surface area (Å²) in [6, 6.07) is 4.78. The summed E-state index contributed by atoms with van der Waals surface area (Å²) in [6.45, 7) is 3.46. The Hall–Kier alpha value is -1.36. The molecule has 0 saturated carbocycles. The van der Waals surface area contributed by atoms with Crippen LogP contribution in [0.4, 0.5) is 5.69 Å². The van der Waals surface area contributed by atoms with Crippen molar-refractivity contribution >= 4 is 33.4 Å². The van der Waals surface area contributed by atoms with Gasteiger partial charge in [0, 0.05) is 5.69 Å². The van der Waals surface area contributed by atoms with Crippen LogP contribution >= 0.6 is 15.9 Å². The zero-order valence-electron chi connectivity index (χ0n) is 9.70. The molecule has 0 radical (unpaired) electrons. The number of nitrogens with two attached hydrogens (primary N) is 1. The van der Waals surface area contributed by atoms with Crippen molar-refractivity contribution in [2.45, 2.75) is 18.7 Å². The first-order chi connectivity index (χ1) is 7.97. The predicted octanol–water partition coefficient (Wildman–Crippen LogP) is 2.47. The van der Waals surface area contributed by atoms with Gasteiger partial charge in [-0.3, -0.25) is 4.79 Å². The third-order valence-electron chi connectivity index (χ3n) is 2.20. The number of esters is 1. The first-order valence-corrected chi connectivity index (χ1v) is 6.10. The predicted molar refractivity (Wildman–Crippen MR) is 69.2 cm³/mol. The van der Waals surface area contributed by atoms with E-state index in [4.69, 9.17) is 10.5 Å². The lowest BCUT2D eigenvalue weighted by atomic mass is 10.0. The molecule has 0 bridgehead atoms. The molecule has 0 aliphatic heterocycles. The highest BCUT2D eigenvalue weighted by atomic mass is 79.9. The van der Waals surface area contributed by atoms with Crippen LogP contribution in [0.3, 0.4) is 0 Å². The van der Waals surface area contributed by atoms with E-state index in [2.05, 4.69) is 15.9 Å². The molecule has 0 spiro atoms. The number of benzene rings is 1. The fourth-order valence-electron chi connectivity index (χ4n) is 1.40. The molecule has 1 aromatic rings. The molecule has 0 heterocycles. The van der Waals surface area contributed by atoms with E-state index in [9.17, 15) is 9.59 Å². The highest BCUT2D eigenvalue weighted by molar-refractivity contribution is 9.09. The molecular formula is C12H14BrNO3. The van der Waals surface area contributed by atoms with Crippen LogP contribution in [0.15, 0.2) is 18.2 Å². The van der Waals surface area contributed by atoms with Crippen LogP contribution in [-0.4, -0.2) is 18.4 Å². The van der Waals surface area contributed by atoms with Crippen molar-refractivity contribution < 1.29 is 14.3 Å². The van der Waals surface area contributed by atoms with Crippen LogP contribution in [0.25, 0.3) is 0 Å². The number of hydrogen-bond acceptors (Lipinski definition) is 4. The molecule has 92 valence electrons. The van der Waals surface area contributed by atoms with Gasteiger partial charge >= 0.3 is 5.97 Å². The number of hydrogen-bond donors (Lipinski definition) is 1. The average molecular weight is 300 g/mol. The molecule has 4 nitrogen and oxygen atoms in total. The van der Waals surface area contributed by atoms with Crippen molar-refractivity contribution in [3.05, 3.63) is 29.3 Å². The Balaban J connectivity index is 3.21. The number of alkyl halides is 1. The second kappa shape index (κ2) is 5.82. The summed E-state index contributed by atoms with van der Waals surface area (Å²) in [7, 11) is 0. The number of rotatable bonds is 4. The maximum atomic E-state index is 11.7. The van der Waals surface area contributed by atoms with E-state index in [0.717, 1.165) is 0 Å². The van der Waals surface area contributed by atoms with Gasteiger partial charge < -0.3 is 10.5 Å². The summed E-state index contributed by atoms with van der Waals surface area (Å²) in [5.74, 6) is -0.547. The summed E-state index contributed by atoms with van der Waals surface area (Å²) < 4.78 is 4.93. The van der Waals surface area contributed by atoms with E-state index >= 15 is 0 Å². The lowest BCUT2D eigenvalue weighted by Crippen LogP contribution is -2.12. The average Bonchev–Trinajstić information content (AvgIpc) is 2.28. The zero-order chi connectivity index (χ0) is 13.0. The van der Waals surface area contributed by atoms with Crippen molar-refractivity contribution in [2.24, 2.45) is 0 Å². The van der Waals surface area contributed by atoms with Crippen LogP contribution in [0.5, 0.6) is 0 Å². The van der Waals surface area contributed by atoms with Gasteiger partial charge in [0.1, 0.15) is 5.78 Å². The molecule has 0 aliphatic carbocycles. The normalized spacial score (nSPS) is 11.9.